The van der Waals surface area contributed by atoms with Crippen LogP contribution in [0, 0.1) is 6.92 Å². The summed E-state index contributed by atoms with van der Waals surface area (Å²) in [6, 6.07) is 12.2. The molecule has 2 aromatic carbocycles. The summed E-state index contributed by atoms with van der Waals surface area (Å²) in [5, 5.41) is 2.72. The quantitative estimate of drug-likeness (QED) is 0.779. The summed E-state index contributed by atoms with van der Waals surface area (Å²) >= 11 is 0. The van der Waals surface area contributed by atoms with Crippen molar-refractivity contribution in [2.75, 3.05) is 50.1 Å². The van der Waals surface area contributed by atoms with Gasteiger partial charge in [-0.2, -0.15) is 13.2 Å². The van der Waals surface area contributed by atoms with Gasteiger partial charge < -0.3 is 24.6 Å². The highest BCUT2D eigenvalue weighted by Crippen LogP contribution is 2.32. The van der Waals surface area contributed by atoms with Crippen molar-refractivity contribution in [1.29, 1.82) is 0 Å². The minimum absolute atomic E-state index is 0.0862. The van der Waals surface area contributed by atoms with Crippen LogP contribution in [-0.2, 0) is 0 Å². The normalized spacial score (nSPS) is 14.4. The van der Waals surface area contributed by atoms with Gasteiger partial charge in [0.2, 0.25) is 0 Å². The molecule has 2 aromatic rings. The molecule has 2 amide bonds. The first kappa shape index (κ1) is 21.6. The Hall–Kier alpha value is -3.10. The van der Waals surface area contributed by atoms with Gasteiger partial charge in [0.15, 0.2) is 18.1 Å². The van der Waals surface area contributed by atoms with Crippen molar-refractivity contribution < 1.29 is 27.4 Å². The zero-order valence-electron chi connectivity index (χ0n) is 16.8. The number of nitrogens with one attached hydrogen (secondary N) is 1. The van der Waals surface area contributed by atoms with Crippen LogP contribution < -0.4 is 19.7 Å². The van der Waals surface area contributed by atoms with Crippen molar-refractivity contribution in [2.45, 2.75) is 13.1 Å². The van der Waals surface area contributed by atoms with E-state index >= 15 is 0 Å². The summed E-state index contributed by atoms with van der Waals surface area (Å²) in [5.41, 5.74) is 2.63. The molecule has 1 aliphatic heterocycles. The van der Waals surface area contributed by atoms with E-state index in [2.05, 4.69) is 16.3 Å². The van der Waals surface area contributed by atoms with Crippen LogP contribution in [-0.4, -0.2) is 57.0 Å². The Kier molecular flexibility index (Phi) is 6.59. The number of hydrogen-bond acceptors (Lipinski definition) is 4. The largest absolute Gasteiger partial charge is 0.493 e. The lowest BCUT2D eigenvalue weighted by Crippen LogP contribution is -2.50. The standard InChI is InChI=1S/C21H24F3N3O3/c1-15-4-3-5-17(12-15)26-8-10-27(11-9-26)20(28)25-16-6-7-18(29-2)19(13-16)30-14-21(22,23)24/h3-7,12-13H,8-11,14H2,1-2H3,(H,25,28). The number of aryl methyl sites for hydroxylation is 1. The Morgan fingerprint density at radius 2 is 1.80 bits per heavy atom. The molecule has 1 N–H and O–H groups in total. The molecule has 1 fully saturated rings. The number of anilines is 2. The Labute approximate surface area is 173 Å². The third-order valence-electron chi connectivity index (χ3n) is 4.74. The van der Waals surface area contributed by atoms with Crippen molar-refractivity contribution in [3.05, 3.63) is 48.0 Å². The third-order valence-corrected chi connectivity index (χ3v) is 4.74. The molecule has 0 atom stereocenters. The number of carbonyl (C=O) groups is 1. The number of halogens is 3. The van der Waals surface area contributed by atoms with E-state index in [9.17, 15) is 18.0 Å². The van der Waals surface area contributed by atoms with E-state index in [0.29, 0.717) is 31.9 Å². The van der Waals surface area contributed by atoms with Gasteiger partial charge in [-0.1, -0.05) is 12.1 Å². The van der Waals surface area contributed by atoms with Gasteiger partial charge in [-0.25, -0.2) is 4.79 Å². The topological polar surface area (TPSA) is 54.0 Å². The first-order valence-electron chi connectivity index (χ1n) is 9.50. The molecule has 1 saturated heterocycles. The highest BCUT2D eigenvalue weighted by Gasteiger charge is 2.29. The van der Waals surface area contributed by atoms with Crippen LogP contribution in [0.2, 0.25) is 0 Å². The number of piperazine rings is 1. The maximum absolute atomic E-state index is 12.6. The lowest BCUT2D eigenvalue weighted by atomic mass is 10.2. The predicted molar refractivity (Wildman–Crippen MR) is 109 cm³/mol. The number of hydrogen-bond donors (Lipinski definition) is 1. The van der Waals surface area contributed by atoms with Crippen molar-refractivity contribution in [3.8, 4) is 11.5 Å². The van der Waals surface area contributed by atoms with Crippen LogP contribution in [0.15, 0.2) is 42.5 Å². The summed E-state index contributed by atoms with van der Waals surface area (Å²) in [5.74, 6) is 0.0703. The molecule has 30 heavy (non-hydrogen) atoms. The number of rotatable bonds is 5. The molecular weight excluding hydrogens is 399 g/mol. The summed E-state index contributed by atoms with van der Waals surface area (Å²) in [4.78, 5) is 16.5. The van der Waals surface area contributed by atoms with Gasteiger partial charge in [0.1, 0.15) is 0 Å². The molecular formula is C21H24F3N3O3. The zero-order chi connectivity index (χ0) is 21.7. The molecule has 0 bridgehead atoms. The van der Waals surface area contributed by atoms with Gasteiger partial charge in [0.05, 0.1) is 7.11 Å². The van der Waals surface area contributed by atoms with E-state index in [1.165, 1.54) is 24.8 Å². The average Bonchev–Trinajstić information content (AvgIpc) is 2.72. The van der Waals surface area contributed by atoms with E-state index in [1.807, 2.05) is 25.1 Å². The first-order valence-corrected chi connectivity index (χ1v) is 9.50. The van der Waals surface area contributed by atoms with Gasteiger partial charge in [0, 0.05) is 43.6 Å². The van der Waals surface area contributed by atoms with E-state index in [1.54, 1.807) is 11.0 Å². The monoisotopic (exact) mass is 423 g/mol. The number of amides is 2. The molecule has 0 unspecified atom stereocenters. The Morgan fingerprint density at radius 3 is 2.43 bits per heavy atom. The van der Waals surface area contributed by atoms with E-state index in [-0.39, 0.29) is 17.5 Å². The highest BCUT2D eigenvalue weighted by atomic mass is 19.4. The van der Waals surface area contributed by atoms with Crippen molar-refractivity contribution in [1.82, 2.24) is 4.90 Å². The molecule has 9 heteroatoms. The van der Waals surface area contributed by atoms with Gasteiger partial charge in [-0.05, 0) is 36.8 Å². The number of methoxy groups -OCH3 is 1. The fourth-order valence-corrected chi connectivity index (χ4v) is 3.22. The number of benzene rings is 2. The van der Waals surface area contributed by atoms with Crippen molar-refractivity contribution in [2.24, 2.45) is 0 Å². The number of carbonyl (C=O) groups excluding carboxylic acids is 1. The van der Waals surface area contributed by atoms with Crippen LogP contribution in [0.4, 0.5) is 29.3 Å². The number of alkyl halides is 3. The lowest BCUT2D eigenvalue weighted by molar-refractivity contribution is -0.153. The number of urea groups is 1. The molecule has 3 rings (SSSR count). The molecule has 1 aliphatic rings. The summed E-state index contributed by atoms with van der Waals surface area (Å²) in [6.07, 6.45) is -4.47. The molecule has 162 valence electrons. The van der Waals surface area contributed by atoms with Gasteiger partial charge >= 0.3 is 12.2 Å². The van der Waals surface area contributed by atoms with Crippen LogP contribution in [0.1, 0.15) is 5.56 Å². The van der Waals surface area contributed by atoms with Crippen LogP contribution >= 0.6 is 0 Å². The SMILES string of the molecule is COc1ccc(NC(=O)N2CCN(c3cccc(C)c3)CC2)cc1OCC(F)(F)F. The second kappa shape index (κ2) is 9.15. The van der Waals surface area contributed by atoms with Crippen LogP contribution in [0.5, 0.6) is 11.5 Å². The Balaban J connectivity index is 1.59. The zero-order valence-corrected chi connectivity index (χ0v) is 16.8. The predicted octanol–water partition coefficient (Wildman–Crippen LogP) is 4.30. The minimum atomic E-state index is -4.47. The van der Waals surface area contributed by atoms with Crippen molar-refractivity contribution in [3.63, 3.8) is 0 Å². The fourth-order valence-electron chi connectivity index (χ4n) is 3.22. The molecule has 0 saturated carbocycles. The number of nitrogens with zero attached hydrogens (tertiary/aromatic N) is 2. The molecule has 6 nitrogen and oxygen atoms in total. The summed E-state index contributed by atoms with van der Waals surface area (Å²) in [6.45, 7) is 3.05. The summed E-state index contributed by atoms with van der Waals surface area (Å²) in [7, 11) is 1.34. The second-order valence-corrected chi connectivity index (χ2v) is 7.01. The molecule has 0 spiro atoms. The minimum Gasteiger partial charge on any atom is -0.493 e. The van der Waals surface area contributed by atoms with E-state index in [0.717, 1.165) is 5.69 Å². The van der Waals surface area contributed by atoms with Crippen LogP contribution in [0.3, 0.4) is 0 Å². The van der Waals surface area contributed by atoms with Gasteiger partial charge in [-0.15, -0.1) is 0 Å². The molecule has 0 aliphatic carbocycles. The molecule has 0 radical (unpaired) electrons. The van der Waals surface area contributed by atoms with E-state index < -0.39 is 12.8 Å². The smallest absolute Gasteiger partial charge is 0.422 e. The Bertz CT molecular complexity index is 881. The van der Waals surface area contributed by atoms with Crippen LogP contribution in [0.25, 0.3) is 0 Å². The lowest BCUT2D eigenvalue weighted by Gasteiger charge is -2.36. The van der Waals surface area contributed by atoms with Crippen molar-refractivity contribution >= 4 is 17.4 Å². The molecule has 1 heterocycles. The van der Waals surface area contributed by atoms with Gasteiger partial charge in [-0.3, -0.25) is 0 Å². The van der Waals surface area contributed by atoms with Gasteiger partial charge in [0.25, 0.3) is 0 Å². The fraction of sp³-hybridized carbons (Fsp3) is 0.381. The Morgan fingerprint density at radius 1 is 1.07 bits per heavy atom. The second-order valence-electron chi connectivity index (χ2n) is 7.01. The average molecular weight is 423 g/mol. The molecule has 0 aromatic heterocycles. The maximum atomic E-state index is 12.6. The number of ether oxygens (including phenoxy) is 2. The first-order chi connectivity index (χ1) is 14.2. The highest BCUT2D eigenvalue weighted by molar-refractivity contribution is 5.90. The maximum Gasteiger partial charge on any atom is 0.422 e. The third kappa shape index (κ3) is 5.71. The summed E-state index contributed by atoms with van der Waals surface area (Å²) < 4.78 is 47.2. The van der Waals surface area contributed by atoms with E-state index in [4.69, 9.17) is 9.47 Å².